The Morgan fingerprint density at radius 2 is 1.62 bits per heavy atom. The van der Waals surface area contributed by atoms with E-state index in [-0.39, 0.29) is 5.91 Å². The lowest BCUT2D eigenvalue weighted by molar-refractivity contribution is -0.115. The second-order valence-electron chi connectivity index (χ2n) is 6.87. The van der Waals surface area contributed by atoms with Crippen molar-refractivity contribution in [1.29, 1.82) is 0 Å². The van der Waals surface area contributed by atoms with Crippen LogP contribution in [0.15, 0.2) is 72.8 Å². The Bertz CT molecular complexity index is 992. The average molecular weight is 406 g/mol. The molecular formula is C25H24ClNO2. The Hall–Kier alpha value is -3.04. The van der Waals surface area contributed by atoms with Crippen molar-refractivity contribution in [2.24, 2.45) is 0 Å². The Balaban J connectivity index is 1.70. The second kappa shape index (κ2) is 9.94. The minimum atomic E-state index is -0.167. The van der Waals surface area contributed by atoms with Crippen LogP contribution in [-0.2, 0) is 4.79 Å². The fourth-order valence-electron chi connectivity index (χ4n) is 3.09. The molecule has 3 rings (SSSR count). The summed E-state index contributed by atoms with van der Waals surface area (Å²) in [5.74, 6) is 0.645. The fourth-order valence-corrected chi connectivity index (χ4v) is 3.28. The van der Waals surface area contributed by atoms with Gasteiger partial charge in [0.25, 0.3) is 5.91 Å². The summed E-state index contributed by atoms with van der Waals surface area (Å²) in [6, 6.07) is 23.1. The van der Waals surface area contributed by atoms with Crippen LogP contribution in [0.2, 0.25) is 5.02 Å². The Morgan fingerprint density at radius 3 is 2.31 bits per heavy atom. The molecule has 0 spiro atoms. The lowest BCUT2D eigenvalue weighted by atomic mass is 10.0. The smallest absolute Gasteiger partial charge is 0.252 e. The normalized spacial score (nSPS) is 11.2. The maximum absolute atomic E-state index is 12.9. The first-order valence-electron chi connectivity index (χ1n) is 9.54. The van der Waals surface area contributed by atoms with Gasteiger partial charge in [-0.05, 0) is 60.4 Å². The molecule has 29 heavy (non-hydrogen) atoms. The number of nitrogens with one attached hydrogen (secondary N) is 1. The number of hydrogen-bond donors (Lipinski definition) is 1. The van der Waals surface area contributed by atoms with Crippen LogP contribution in [-0.4, -0.2) is 19.1 Å². The predicted molar refractivity (Wildman–Crippen MR) is 120 cm³/mol. The van der Waals surface area contributed by atoms with E-state index in [1.165, 1.54) is 0 Å². The van der Waals surface area contributed by atoms with Crippen molar-refractivity contribution in [2.45, 2.75) is 13.8 Å². The molecule has 3 aromatic rings. The monoisotopic (exact) mass is 405 g/mol. The van der Waals surface area contributed by atoms with Gasteiger partial charge in [0.1, 0.15) is 12.4 Å². The molecule has 0 bridgehead atoms. The van der Waals surface area contributed by atoms with E-state index in [9.17, 15) is 4.79 Å². The van der Waals surface area contributed by atoms with Crippen LogP contribution in [0.25, 0.3) is 11.6 Å². The van der Waals surface area contributed by atoms with E-state index in [2.05, 4.69) is 11.4 Å². The van der Waals surface area contributed by atoms with Crippen molar-refractivity contribution in [2.75, 3.05) is 13.2 Å². The third-order valence-electron chi connectivity index (χ3n) is 4.39. The van der Waals surface area contributed by atoms with Crippen molar-refractivity contribution in [3.8, 4) is 5.75 Å². The minimum absolute atomic E-state index is 0.167. The van der Waals surface area contributed by atoms with Gasteiger partial charge in [-0.25, -0.2) is 0 Å². The SMILES string of the molecule is Cc1cc(C)cc(OCCNC(=O)/C(=C/c2ccccc2Cl)c2ccccc2)c1. The van der Waals surface area contributed by atoms with Gasteiger partial charge in [-0.3, -0.25) is 4.79 Å². The summed E-state index contributed by atoms with van der Waals surface area (Å²) in [5.41, 5.74) is 4.50. The molecule has 4 heteroatoms. The molecule has 0 fully saturated rings. The number of carbonyl (C=O) groups is 1. The average Bonchev–Trinajstić information content (AvgIpc) is 2.70. The molecule has 3 nitrogen and oxygen atoms in total. The number of amides is 1. The van der Waals surface area contributed by atoms with Crippen molar-refractivity contribution in [3.05, 3.63) is 100 Å². The van der Waals surface area contributed by atoms with Crippen molar-refractivity contribution in [3.63, 3.8) is 0 Å². The van der Waals surface area contributed by atoms with Gasteiger partial charge in [0, 0.05) is 10.6 Å². The third-order valence-corrected chi connectivity index (χ3v) is 4.73. The lowest BCUT2D eigenvalue weighted by Gasteiger charge is -2.12. The van der Waals surface area contributed by atoms with Crippen molar-refractivity contribution in [1.82, 2.24) is 5.32 Å². The zero-order valence-electron chi connectivity index (χ0n) is 16.6. The number of aryl methyl sites for hydroxylation is 2. The van der Waals surface area contributed by atoms with Gasteiger partial charge in [-0.1, -0.05) is 66.2 Å². The third kappa shape index (κ3) is 5.97. The highest BCUT2D eigenvalue weighted by atomic mass is 35.5. The first-order valence-corrected chi connectivity index (χ1v) is 9.91. The van der Waals surface area contributed by atoms with Crippen molar-refractivity contribution >= 4 is 29.2 Å². The standard InChI is InChI=1S/C25H24ClNO2/c1-18-14-19(2)16-22(15-18)29-13-12-27-25(28)23(20-8-4-3-5-9-20)17-21-10-6-7-11-24(21)26/h3-11,14-17H,12-13H2,1-2H3,(H,27,28)/b23-17+. The van der Waals surface area contributed by atoms with Gasteiger partial charge in [0.2, 0.25) is 0 Å². The largest absolute Gasteiger partial charge is 0.492 e. The Morgan fingerprint density at radius 1 is 0.966 bits per heavy atom. The van der Waals surface area contributed by atoms with Crippen LogP contribution >= 0.6 is 11.6 Å². The highest BCUT2D eigenvalue weighted by Gasteiger charge is 2.12. The van der Waals surface area contributed by atoms with E-state index in [4.69, 9.17) is 16.3 Å². The summed E-state index contributed by atoms with van der Waals surface area (Å²) >= 11 is 6.28. The van der Waals surface area contributed by atoms with E-state index in [0.29, 0.717) is 23.7 Å². The Labute approximate surface area is 177 Å². The van der Waals surface area contributed by atoms with E-state index < -0.39 is 0 Å². The maximum Gasteiger partial charge on any atom is 0.252 e. The van der Waals surface area contributed by atoms with E-state index >= 15 is 0 Å². The van der Waals surface area contributed by atoms with Crippen LogP contribution in [0.1, 0.15) is 22.3 Å². The maximum atomic E-state index is 12.9. The van der Waals surface area contributed by atoms with E-state index in [0.717, 1.165) is 28.0 Å². The van der Waals surface area contributed by atoms with Crippen LogP contribution in [0.5, 0.6) is 5.75 Å². The fraction of sp³-hybridized carbons (Fsp3) is 0.160. The summed E-state index contributed by atoms with van der Waals surface area (Å²) in [7, 11) is 0. The molecule has 0 heterocycles. The molecule has 0 aromatic heterocycles. The molecule has 0 aliphatic carbocycles. The molecule has 1 N–H and O–H groups in total. The molecule has 0 aliphatic heterocycles. The summed E-state index contributed by atoms with van der Waals surface area (Å²) in [6.07, 6.45) is 1.82. The minimum Gasteiger partial charge on any atom is -0.492 e. The molecule has 0 saturated heterocycles. The molecular weight excluding hydrogens is 382 g/mol. The highest BCUT2D eigenvalue weighted by molar-refractivity contribution is 6.33. The number of halogens is 1. The zero-order chi connectivity index (χ0) is 20.6. The highest BCUT2D eigenvalue weighted by Crippen LogP contribution is 2.23. The van der Waals surface area contributed by atoms with Gasteiger partial charge in [0.15, 0.2) is 0 Å². The molecule has 0 atom stereocenters. The number of benzene rings is 3. The van der Waals surface area contributed by atoms with Gasteiger partial charge < -0.3 is 10.1 Å². The van der Waals surface area contributed by atoms with Gasteiger partial charge in [-0.2, -0.15) is 0 Å². The van der Waals surface area contributed by atoms with Crippen LogP contribution in [0.3, 0.4) is 0 Å². The van der Waals surface area contributed by atoms with Crippen LogP contribution in [0, 0.1) is 13.8 Å². The van der Waals surface area contributed by atoms with Crippen molar-refractivity contribution < 1.29 is 9.53 Å². The Kier molecular flexibility index (Phi) is 7.09. The van der Waals surface area contributed by atoms with Gasteiger partial charge in [-0.15, -0.1) is 0 Å². The number of hydrogen-bond acceptors (Lipinski definition) is 2. The van der Waals surface area contributed by atoms with E-state index in [1.807, 2.05) is 86.7 Å². The topological polar surface area (TPSA) is 38.3 Å². The van der Waals surface area contributed by atoms with Gasteiger partial charge >= 0.3 is 0 Å². The number of rotatable bonds is 7. The number of ether oxygens (including phenoxy) is 1. The molecule has 148 valence electrons. The molecule has 0 aliphatic rings. The summed E-state index contributed by atoms with van der Waals surface area (Å²) in [6.45, 7) is 4.86. The van der Waals surface area contributed by atoms with Gasteiger partial charge in [0.05, 0.1) is 6.54 Å². The van der Waals surface area contributed by atoms with Crippen LogP contribution < -0.4 is 10.1 Å². The predicted octanol–water partition coefficient (Wildman–Crippen LogP) is 5.69. The second-order valence-corrected chi connectivity index (χ2v) is 7.28. The zero-order valence-corrected chi connectivity index (χ0v) is 17.4. The molecule has 0 unspecified atom stereocenters. The first-order chi connectivity index (χ1) is 14.0. The first kappa shape index (κ1) is 20.7. The van der Waals surface area contributed by atoms with E-state index in [1.54, 1.807) is 0 Å². The molecule has 3 aromatic carbocycles. The summed E-state index contributed by atoms with van der Waals surface area (Å²) < 4.78 is 5.79. The lowest BCUT2D eigenvalue weighted by Crippen LogP contribution is -2.28. The summed E-state index contributed by atoms with van der Waals surface area (Å²) in [5, 5.41) is 3.55. The number of carbonyl (C=O) groups excluding carboxylic acids is 1. The quantitative estimate of drug-likeness (QED) is 0.311. The molecule has 0 saturated carbocycles. The summed E-state index contributed by atoms with van der Waals surface area (Å²) in [4.78, 5) is 12.9. The molecule has 0 radical (unpaired) electrons. The molecule has 1 amide bonds. The van der Waals surface area contributed by atoms with Crippen LogP contribution in [0.4, 0.5) is 0 Å².